The molecule has 1 saturated heterocycles. The largest absolute Gasteiger partial charge is 0.508 e. The second-order valence-corrected chi connectivity index (χ2v) is 11.1. The highest BCUT2D eigenvalue weighted by Gasteiger charge is 2.33. The van der Waals surface area contributed by atoms with Crippen molar-refractivity contribution in [1.82, 2.24) is 9.80 Å². The van der Waals surface area contributed by atoms with Gasteiger partial charge in [-0.1, -0.05) is 62.4 Å². The highest BCUT2D eigenvalue weighted by Crippen LogP contribution is 2.33. The molecule has 0 aromatic heterocycles. The van der Waals surface area contributed by atoms with Gasteiger partial charge in [-0.3, -0.25) is 4.90 Å². The third-order valence-electron chi connectivity index (χ3n) is 8.49. The molecule has 0 amide bonds. The minimum atomic E-state index is -0.216. The third kappa shape index (κ3) is 6.83. The Morgan fingerprint density at radius 2 is 1.66 bits per heavy atom. The number of methoxy groups -OCH3 is 1. The van der Waals surface area contributed by atoms with Crippen molar-refractivity contribution >= 4 is 5.69 Å². The molecule has 2 aliphatic heterocycles. The van der Waals surface area contributed by atoms with E-state index in [1.807, 2.05) is 19.2 Å². The predicted molar refractivity (Wildman–Crippen MR) is 153 cm³/mol. The van der Waals surface area contributed by atoms with Gasteiger partial charge in [0.25, 0.3) is 0 Å². The summed E-state index contributed by atoms with van der Waals surface area (Å²) in [5.74, 6) is 2.16. The summed E-state index contributed by atoms with van der Waals surface area (Å²) < 4.78 is 13.0. The number of anilines is 1. The fraction of sp³-hybridized carbons (Fsp3) is 0.562. The molecule has 2 aromatic rings. The van der Waals surface area contributed by atoms with Crippen LogP contribution >= 0.6 is 0 Å². The Kier molecular flexibility index (Phi) is 9.47. The minimum Gasteiger partial charge on any atom is -0.508 e. The van der Waals surface area contributed by atoms with E-state index < -0.39 is 0 Å². The van der Waals surface area contributed by atoms with Crippen molar-refractivity contribution in [3.8, 4) is 5.75 Å². The average molecular weight is 520 g/mol. The molecular formula is C32H45N3O3. The minimum absolute atomic E-state index is 0.216. The fourth-order valence-corrected chi connectivity index (χ4v) is 6.43. The lowest BCUT2D eigenvalue weighted by atomic mass is 9.87. The van der Waals surface area contributed by atoms with Crippen LogP contribution in [-0.2, 0) is 16.0 Å². The molecule has 206 valence electrons. The summed E-state index contributed by atoms with van der Waals surface area (Å²) in [7, 11) is 1.82. The first-order chi connectivity index (χ1) is 18.7. The summed E-state index contributed by atoms with van der Waals surface area (Å²) in [5.41, 5.74) is 3.68. The number of allylic oxidation sites excluding steroid dienone is 1. The van der Waals surface area contributed by atoms with Crippen LogP contribution in [0.1, 0.15) is 56.9 Å². The summed E-state index contributed by atoms with van der Waals surface area (Å²) in [4.78, 5) is 7.41. The van der Waals surface area contributed by atoms with Gasteiger partial charge >= 0.3 is 0 Å². The number of phenolic OH excluding ortho intramolecular Hbond substituents is 1. The lowest BCUT2D eigenvalue weighted by molar-refractivity contribution is 0.0477. The summed E-state index contributed by atoms with van der Waals surface area (Å²) >= 11 is 0. The van der Waals surface area contributed by atoms with Gasteiger partial charge in [-0.25, -0.2) is 0 Å². The molecule has 2 fully saturated rings. The number of phenols is 1. The van der Waals surface area contributed by atoms with Crippen molar-refractivity contribution in [2.75, 3.05) is 51.3 Å². The number of benzene rings is 2. The molecule has 38 heavy (non-hydrogen) atoms. The van der Waals surface area contributed by atoms with E-state index in [9.17, 15) is 5.11 Å². The number of rotatable bonds is 9. The van der Waals surface area contributed by atoms with Crippen LogP contribution in [0.5, 0.6) is 5.75 Å². The summed E-state index contributed by atoms with van der Waals surface area (Å²) in [5, 5.41) is 9.85. The van der Waals surface area contributed by atoms with Gasteiger partial charge < -0.3 is 24.4 Å². The molecule has 1 N–H and O–H groups in total. The van der Waals surface area contributed by atoms with Crippen molar-refractivity contribution in [3.63, 3.8) is 0 Å². The number of nitrogens with zero attached hydrogens (tertiary/aromatic N) is 3. The van der Waals surface area contributed by atoms with Gasteiger partial charge in [0.05, 0.1) is 12.3 Å². The third-order valence-corrected chi connectivity index (χ3v) is 8.49. The highest BCUT2D eigenvalue weighted by molar-refractivity contribution is 5.49. The summed E-state index contributed by atoms with van der Waals surface area (Å²) in [6, 6.07) is 18.3. The Hall–Kier alpha value is -2.70. The van der Waals surface area contributed by atoms with Crippen LogP contribution in [0.25, 0.3) is 0 Å². The van der Waals surface area contributed by atoms with Gasteiger partial charge in [-0.2, -0.15) is 0 Å². The van der Waals surface area contributed by atoms with Crippen LogP contribution in [0.3, 0.4) is 0 Å². The molecule has 1 saturated carbocycles. The molecule has 5 rings (SSSR count). The predicted octanol–water partition coefficient (Wildman–Crippen LogP) is 5.98. The highest BCUT2D eigenvalue weighted by atomic mass is 16.5. The van der Waals surface area contributed by atoms with E-state index in [1.54, 1.807) is 6.07 Å². The first-order valence-corrected chi connectivity index (χ1v) is 14.7. The monoisotopic (exact) mass is 519 g/mol. The van der Waals surface area contributed by atoms with E-state index in [1.165, 1.54) is 43.5 Å². The summed E-state index contributed by atoms with van der Waals surface area (Å²) in [6.45, 7) is 6.52. The van der Waals surface area contributed by atoms with Crippen LogP contribution < -0.4 is 4.90 Å². The number of piperazine rings is 1. The number of hydrogen-bond acceptors (Lipinski definition) is 6. The smallest absolute Gasteiger partial charge is 0.190 e. The molecule has 1 aliphatic carbocycles. The summed E-state index contributed by atoms with van der Waals surface area (Å²) in [6.07, 6.45) is 9.82. The van der Waals surface area contributed by atoms with Crippen LogP contribution in [-0.4, -0.2) is 67.6 Å². The van der Waals surface area contributed by atoms with Crippen LogP contribution in [0.15, 0.2) is 66.1 Å². The van der Waals surface area contributed by atoms with Crippen molar-refractivity contribution in [3.05, 3.63) is 71.6 Å². The van der Waals surface area contributed by atoms with E-state index in [0.717, 1.165) is 82.4 Å². The first-order valence-electron chi connectivity index (χ1n) is 14.7. The Bertz CT molecular complexity index is 1030. The number of aromatic hydroxyl groups is 1. The van der Waals surface area contributed by atoms with E-state index in [2.05, 4.69) is 51.1 Å². The van der Waals surface area contributed by atoms with Crippen molar-refractivity contribution in [2.24, 2.45) is 5.92 Å². The Labute approximate surface area is 228 Å². The van der Waals surface area contributed by atoms with Gasteiger partial charge in [-0.05, 0) is 55.0 Å². The SMILES string of the molecule is COC1C(OCCC2CCCCC2)=C(N2CCN(Cc3cccc(O)c3)CC2)CCCN1c1ccccc1. The van der Waals surface area contributed by atoms with E-state index in [-0.39, 0.29) is 6.23 Å². The van der Waals surface area contributed by atoms with E-state index in [0.29, 0.717) is 5.75 Å². The van der Waals surface area contributed by atoms with Gasteiger partial charge in [0.15, 0.2) is 12.0 Å². The molecule has 3 aliphatic rings. The quantitative estimate of drug-likeness (QED) is 0.440. The zero-order chi connectivity index (χ0) is 26.2. The molecule has 2 aromatic carbocycles. The maximum Gasteiger partial charge on any atom is 0.190 e. The normalized spacial score (nSPS) is 22.0. The van der Waals surface area contributed by atoms with Crippen LogP contribution in [0, 0.1) is 5.92 Å². The average Bonchev–Trinajstić information content (AvgIpc) is 3.14. The van der Waals surface area contributed by atoms with Crippen LogP contribution in [0.2, 0.25) is 0 Å². The van der Waals surface area contributed by atoms with Gasteiger partial charge in [0.1, 0.15) is 5.75 Å². The molecule has 0 bridgehead atoms. The Morgan fingerprint density at radius 3 is 2.39 bits per heavy atom. The maximum absolute atomic E-state index is 9.85. The number of para-hydroxylation sites is 1. The topological polar surface area (TPSA) is 48.4 Å². The van der Waals surface area contributed by atoms with E-state index >= 15 is 0 Å². The number of hydrogen-bond donors (Lipinski definition) is 1. The molecule has 0 spiro atoms. The van der Waals surface area contributed by atoms with Gasteiger partial charge in [0, 0.05) is 52.1 Å². The van der Waals surface area contributed by atoms with Crippen molar-refractivity contribution in [1.29, 1.82) is 0 Å². The van der Waals surface area contributed by atoms with Crippen LogP contribution in [0.4, 0.5) is 5.69 Å². The molecule has 2 heterocycles. The first kappa shape index (κ1) is 26.9. The zero-order valence-electron chi connectivity index (χ0n) is 23.1. The van der Waals surface area contributed by atoms with Gasteiger partial charge in [0.2, 0.25) is 0 Å². The fourth-order valence-electron chi connectivity index (χ4n) is 6.43. The molecule has 1 unspecified atom stereocenters. The molecule has 6 heteroatoms. The Balaban J connectivity index is 1.32. The Morgan fingerprint density at radius 1 is 0.868 bits per heavy atom. The van der Waals surface area contributed by atoms with Gasteiger partial charge in [-0.15, -0.1) is 0 Å². The molecule has 0 radical (unpaired) electrons. The zero-order valence-corrected chi connectivity index (χ0v) is 23.1. The lowest BCUT2D eigenvalue weighted by Gasteiger charge is -2.39. The number of ether oxygens (including phenoxy) is 2. The molecule has 6 nitrogen and oxygen atoms in total. The van der Waals surface area contributed by atoms with Crippen molar-refractivity contribution in [2.45, 2.75) is 64.1 Å². The lowest BCUT2D eigenvalue weighted by Crippen LogP contribution is -2.46. The standard InChI is InChI=1S/C32H45N3O3/c1-37-32-31(38-23-17-26-10-4-2-5-11-26)30(16-9-18-35(32)28-13-6-3-7-14-28)34-21-19-33(20-22-34)25-27-12-8-15-29(36)24-27/h3,6-8,12-15,24,26,32,36H,2,4-5,9-11,16-23,25H2,1H3. The molecule has 1 atom stereocenters. The second kappa shape index (κ2) is 13.4. The van der Waals surface area contributed by atoms with E-state index in [4.69, 9.17) is 9.47 Å². The maximum atomic E-state index is 9.85. The van der Waals surface area contributed by atoms with Crippen molar-refractivity contribution < 1.29 is 14.6 Å². The molecular weight excluding hydrogens is 474 g/mol. The second-order valence-electron chi connectivity index (χ2n) is 11.1.